The number of likely N-dealkylation sites (tertiary alicyclic amines) is 2. The molecule has 2 heterocycles. The summed E-state index contributed by atoms with van der Waals surface area (Å²) in [5, 5.41) is 10.7. The highest BCUT2D eigenvalue weighted by Gasteiger charge is 2.72. The number of fused-ring (bicyclic) bond motifs is 2. The number of aromatic hydroxyl groups is 1. The molecule has 0 aromatic heterocycles. The predicted octanol–water partition coefficient (Wildman–Crippen LogP) is 4.33. The first-order valence-electron chi connectivity index (χ1n) is 14.0. The molecular formula is C31H39N3O2. The third kappa shape index (κ3) is 2.93. The van der Waals surface area contributed by atoms with E-state index >= 15 is 0 Å². The fourth-order valence-electron chi connectivity index (χ4n) is 9.51. The Morgan fingerprint density at radius 1 is 1.14 bits per heavy atom. The van der Waals surface area contributed by atoms with Crippen LogP contribution in [0.2, 0.25) is 0 Å². The number of carbonyl (C=O) groups is 1. The normalized spacial score (nSPS) is 37.8. The Kier molecular flexibility index (Phi) is 4.80. The number of rotatable bonds is 4. The Labute approximate surface area is 214 Å². The Bertz CT molecular complexity index is 1210. The van der Waals surface area contributed by atoms with Gasteiger partial charge in [-0.3, -0.25) is 9.69 Å². The van der Waals surface area contributed by atoms with E-state index in [0.717, 1.165) is 63.7 Å². The van der Waals surface area contributed by atoms with Gasteiger partial charge < -0.3 is 15.7 Å². The molecule has 36 heavy (non-hydrogen) atoms. The van der Waals surface area contributed by atoms with Crippen LogP contribution in [0.5, 0.6) is 5.75 Å². The number of phenolic OH excluding ortho intramolecular Hbond substituents is 1. The number of carbonyl (C=O) groups excluding carboxylic acids is 1. The van der Waals surface area contributed by atoms with Gasteiger partial charge >= 0.3 is 0 Å². The smallest absolute Gasteiger partial charge is 0.254 e. The van der Waals surface area contributed by atoms with E-state index in [1.807, 2.05) is 36.4 Å². The van der Waals surface area contributed by atoms with Gasteiger partial charge in [-0.2, -0.15) is 0 Å². The summed E-state index contributed by atoms with van der Waals surface area (Å²) in [5.41, 5.74) is 10.3. The number of benzene rings is 2. The molecule has 4 fully saturated rings. The molecular weight excluding hydrogens is 446 g/mol. The molecule has 7 rings (SSSR count). The van der Waals surface area contributed by atoms with Crippen LogP contribution in [0, 0.1) is 17.3 Å². The zero-order valence-corrected chi connectivity index (χ0v) is 21.6. The number of piperidine rings is 1. The van der Waals surface area contributed by atoms with Crippen molar-refractivity contribution >= 4 is 5.91 Å². The molecule has 6 atom stereocenters. The van der Waals surface area contributed by atoms with Crippen LogP contribution >= 0.6 is 0 Å². The SMILES string of the molecule is CCC1C2[C@@H](CN1C(=O)c1ccccc1)CC1(C)C3Cc4ccc(O)cc4C21CCN3CC1(N)CC1. The summed E-state index contributed by atoms with van der Waals surface area (Å²) in [6.07, 6.45) is 6.50. The molecule has 190 valence electrons. The van der Waals surface area contributed by atoms with Crippen molar-refractivity contribution in [2.75, 3.05) is 19.6 Å². The topological polar surface area (TPSA) is 69.8 Å². The van der Waals surface area contributed by atoms with E-state index < -0.39 is 0 Å². The molecule has 3 aliphatic carbocycles. The minimum atomic E-state index is -0.0249. The van der Waals surface area contributed by atoms with Crippen molar-refractivity contribution < 1.29 is 9.90 Å². The first kappa shape index (κ1) is 22.8. The van der Waals surface area contributed by atoms with E-state index in [4.69, 9.17) is 5.73 Å². The van der Waals surface area contributed by atoms with Gasteiger partial charge in [0.15, 0.2) is 0 Å². The van der Waals surface area contributed by atoms with Crippen molar-refractivity contribution in [2.45, 2.75) is 75.4 Å². The number of nitrogens with two attached hydrogens (primary N) is 1. The number of phenols is 1. The van der Waals surface area contributed by atoms with Gasteiger partial charge in [0.25, 0.3) is 5.91 Å². The molecule has 2 aliphatic heterocycles. The third-order valence-electron chi connectivity index (χ3n) is 11.1. The van der Waals surface area contributed by atoms with Gasteiger partial charge in [0, 0.05) is 41.7 Å². The number of hydrogen-bond donors (Lipinski definition) is 2. The zero-order chi connectivity index (χ0) is 24.9. The fraction of sp³-hybridized carbons (Fsp3) is 0.581. The van der Waals surface area contributed by atoms with Gasteiger partial charge in [-0.1, -0.05) is 38.1 Å². The molecule has 3 N–H and O–H groups in total. The first-order valence-corrected chi connectivity index (χ1v) is 14.0. The molecule has 5 aliphatic rings. The van der Waals surface area contributed by atoms with Gasteiger partial charge in [-0.05, 0) is 97.7 Å². The minimum absolute atomic E-state index is 0.00489. The Morgan fingerprint density at radius 3 is 2.64 bits per heavy atom. The van der Waals surface area contributed by atoms with Crippen molar-refractivity contribution in [2.24, 2.45) is 23.0 Å². The highest BCUT2D eigenvalue weighted by Crippen LogP contribution is 2.71. The molecule has 5 nitrogen and oxygen atoms in total. The molecule has 1 amide bonds. The van der Waals surface area contributed by atoms with Crippen molar-refractivity contribution in [1.82, 2.24) is 9.80 Å². The molecule has 2 aromatic carbocycles. The lowest BCUT2D eigenvalue weighted by molar-refractivity contribution is -0.0642. The zero-order valence-electron chi connectivity index (χ0n) is 21.6. The lowest BCUT2D eigenvalue weighted by Gasteiger charge is -2.63. The van der Waals surface area contributed by atoms with Crippen LogP contribution in [0.4, 0.5) is 0 Å². The molecule has 5 unspecified atom stereocenters. The standard InChI is InChI=1S/C31H39N3O2/c1-3-25-27-22(18-34(25)28(36)20-7-5-4-6-8-20)17-29(2)26-15-21-9-10-23(35)16-24(21)31(27,29)13-14-33(26)19-30(32)11-12-30/h4-10,16,22,25-27,35H,3,11-15,17-19,32H2,1-2H3/t22-,25?,26?,27?,29?,31?/m1/s1. The van der Waals surface area contributed by atoms with Crippen LogP contribution in [0.25, 0.3) is 0 Å². The van der Waals surface area contributed by atoms with Crippen LogP contribution in [0.3, 0.4) is 0 Å². The molecule has 0 spiro atoms. The van der Waals surface area contributed by atoms with Gasteiger partial charge in [0.2, 0.25) is 0 Å². The van der Waals surface area contributed by atoms with E-state index in [2.05, 4.69) is 35.8 Å². The van der Waals surface area contributed by atoms with E-state index in [0.29, 0.717) is 23.6 Å². The van der Waals surface area contributed by atoms with E-state index in [-0.39, 0.29) is 28.3 Å². The summed E-state index contributed by atoms with van der Waals surface area (Å²) in [6, 6.07) is 16.6. The van der Waals surface area contributed by atoms with Crippen LogP contribution in [0.1, 0.15) is 67.4 Å². The maximum atomic E-state index is 13.7. The number of nitrogens with zero attached hydrogens (tertiary/aromatic N) is 2. The Morgan fingerprint density at radius 2 is 1.92 bits per heavy atom. The summed E-state index contributed by atoms with van der Waals surface area (Å²) in [6.45, 7) is 7.70. The molecule has 2 aromatic rings. The lowest BCUT2D eigenvalue weighted by atomic mass is 9.48. The van der Waals surface area contributed by atoms with Crippen LogP contribution in [-0.2, 0) is 11.8 Å². The minimum Gasteiger partial charge on any atom is -0.508 e. The van der Waals surface area contributed by atoms with E-state index in [1.54, 1.807) is 0 Å². The summed E-state index contributed by atoms with van der Waals surface area (Å²) in [4.78, 5) is 18.7. The second-order valence-corrected chi connectivity index (χ2v) is 12.8. The van der Waals surface area contributed by atoms with Gasteiger partial charge in [-0.15, -0.1) is 0 Å². The quantitative estimate of drug-likeness (QED) is 0.676. The number of amides is 1. The maximum absolute atomic E-state index is 13.7. The summed E-state index contributed by atoms with van der Waals surface area (Å²) < 4.78 is 0. The van der Waals surface area contributed by atoms with Gasteiger partial charge in [0.05, 0.1) is 0 Å². The second kappa shape index (κ2) is 7.58. The van der Waals surface area contributed by atoms with Crippen molar-refractivity contribution in [3.05, 3.63) is 65.2 Å². The molecule has 2 saturated carbocycles. The summed E-state index contributed by atoms with van der Waals surface area (Å²) >= 11 is 0. The van der Waals surface area contributed by atoms with Crippen molar-refractivity contribution in [1.29, 1.82) is 0 Å². The molecule has 2 bridgehead atoms. The molecule has 5 heteroatoms. The maximum Gasteiger partial charge on any atom is 0.254 e. The van der Waals surface area contributed by atoms with Crippen molar-refractivity contribution in [3.8, 4) is 5.75 Å². The highest BCUT2D eigenvalue weighted by atomic mass is 16.3. The summed E-state index contributed by atoms with van der Waals surface area (Å²) in [5.74, 6) is 1.45. The van der Waals surface area contributed by atoms with E-state index in [9.17, 15) is 9.90 Å². The van der Waals surface area contributed by atoms with Crippen LogP contribution < -0.4 is 5.73 Å². The summed E-state index contributed by atoms with van der Waals surface area (Å²) in [7, 11) is 0. The lowest BCUT2D eigenvalue weighted by Crippen LogP contribution is -2.67. The number of hydrogen-bond acceptors (Lipinski definition) is 4. The van der Waals surface area contributed by atoms with Gasteiger partial charge in [0.1, 0.15) is 5.75 Å². The van der Waals surface area contributed by atoms with E-state index in [1.165, 1.54) is 11.1 Å². The molecule has 0 radical (unpaired) electrons. The Balaban J connectivity index is 1.34. The second-order valence-electron chi connectivity index (χ2n) is 12.8. The largest absolute Gasteiger partial charge is 0.508 e. The third-order valence-corrected chi connectivity index (χ3v) is 11.1. The first-order chi connectivity index (χ1) is 17.3. The Hall–Kier alpha value is -2.37. The van der Waals surface area contributed by atoms with Crippen LogP contribution in [0.15, 0.2) is 48.5 Å². The average molecular weight is 486 g/mol. The molecule has 2 saturated heterocycles. The predicted molar refractivity (Wildman–Crippen MR) is 141 cm³/mol. The monoisotopic (exact) mass is 485 g/mol. The average Bonchev–Trinajstić information content (AvgIpc) is 3.38. The fourth-order valence-corrected chi connectivity index (χ4v) is 9.51. The van der Waals surface area contributed by atoms with Crippen molar-refractivity contribution in [3.63, 3.8) is 0 Å². The highest BCUT2D eigenvalue weighted by molar-refractivity contribution is 5.94. The van der Waals surface area contributed by atoms with Crippen LogP contribution in [-0.4, -0.2) is 58.1 Å². The van der Waals surface area contributed by atoms with Gasteiger partial charge in [-0.25, -0.2) is 0 Å².